The molecule has 1 fully saturated rings. The molecule has 0 radical (unpaired) electrons. The lowest BCUT2D eigenvalue weighted by atomic mass is 10.0. The number of nitrogens with one attached hydrogen (secondary N) is 2. The lowest BCUT2D eigenvalue weighted by Gasteiger charge is -2.29. The van der Waals surface area contributed by atoms with Crippen molar-refractivity contribution < 1.29 is 4.79 Å². The second-order valence-corrected chi connectivity index (χ2v) is 5.67. The fourth-order valence-corrected chi connectivity index (χ4v) is 2.71. The van der Waals surface area contributed by atoms with Gasteiger partial charge >= 0.3 is 0 Å². The molecule has 1 aliphatic heterocycles. The Bertz CT molecular complexity index is 626. The van der Waals surface area contributed by atoms with Gasteiger partial charge in [0.1, 0.15) is 0 Å². The molecule has 0 atom stereocenters. The molecule has 0 bridgehead atoms. The molecule has 2 N–H and O–H groups in total. The molecule has 2 heterocycles. The topological polar surface area (TPSA) is 61.0 Å². The van der Waals surface area contributed by atoms with Crippen LogP contribution in [0.25, 0.3) is 10.9 Å². The van der Waals surface area contributed by atoms with Gasteiger partial charge < -0.3 is 10.2 Å². The molecule has 1 amide bonds. The largest absolute Gasteiger partial charge is 0.348 e. The zero-order valence-corrected chi connectivity index (χ0v) is 11.9. The van der Waals surface area contributed by atoms with Crippen molar-refractivity contribution in [2.45, 2.75) is 25.8 Å². The van der Waals surface area contributed by atoms with Gasteiger partial charge in [-0.05, 0) is 52.0 Å². The maximum absolute atomic E-state index is 12.4. The average Bonchev–Trinajstić information content (AvgIpc) is 2.84. The number of piperidine rings is 1. The van der Waals surface area contributed by atoms with Gasteiger partial charge in [0.25, 0.3) is 5.91 Å². The monoisotopic (exact) mass is 272 g/mol. The highest BCUT2D eigenvalue weighted by molar-refractivity contribution is 6.04. The summed E-state index contributed by atoms with van der Waals surface area (Å²) < 4.78 is 0. The minimum atomic E-state index is -0.0728. The van der Waals surface area contributed by atoms with Crippen LogP contribution in [0.4, 0.5) is 0 Å². The molecular formula is C15H20N4O. The molecule has 106 valence electrons. The maximum Gasteiger partial charge on any atom is 0.272 e. The molecule has 1 aliphatic rings. The third kappa shape index (κ3) is 2.54. The van der Waals surface area contributed by atoms with E-state index in [0.717, 1.165) is 42.4 Å². The van der Waals surface area contributed by atoms with Crippen LogP contribution in [0.2, 0.25) is 0 Å². The highest BCUT2D eigenvalue weighted by Gasteiger charge is 2.21. The van der Waals surface area contributed by atoms with E-state index in [4.69, 9.17) is 0 Å². The first kappa shape index (κ1) is 13.1. The van der Waals surface area contributed by atoms with Crippen molar-refractivity contribution in [1.29, 1.82) is 0 Å². The highest BCUT2D eigenvalue weighted by atomic mass is 16.2. The zero-order valence-electron chi connectivity index (χ0n) is 11.9. The van der Waals surface area contributed by atoms with E-state index < -0.39 is 0 Å². The van der Waals surface area contributed by atoms with Gasteiger partial charge in [0.15, 0.2) is 5.69 Å². The van der Waals surface area contributed by atoms with Gasteiger partial charge in [-0.15, -0.1) is 0 Å². The van der Waals surface area contributed by atoms with Crippen LogP contribution in [0.5, 0.6) is 0 Å². The molecule has 0 spiro atoms. The predicted molar refractivity (Wildman–Crippen MR) is 78.8 cm³/mol. The number of H-pyrrole nitrogens is 1. The van der Waals surface area contributed by atoms with Crippen molar-refractivity contribution in [3.63, 3.8) is 0 Å². The summed E-state index contributed by atoms with van der Waals surface area (Å²) in [6.45, 7) is 4.09. The number of carbonyl (C=O) groups is 1. The molecule has 3 rings (SSSR count). The van der Waals surface area contributed by atoms with E-state index in [1.807, 2.05) is 25.1 Å². The standard InChI is InChI=1S/C15H20N4O/c1-10-3-4-13-12(9-10)14(18-17-13)15(20)16-11-5-7-19(2)8-6-11/h3-4,9,11H,5-8H2,1-2H3,(H,16,20)(H,17,18). The first-order valence-electron chi connectivity index (χ1n) is 7.07. The number of carbonyl (C=O) groups excluding carboxylic acids is 1. The summed E-state index contributed by atoms with van der Waals surface area (Å²) in [6.07, 6.45) is 2.01. The Balaban J connectivity index is 1.77. The summed E-state index contributed by atoms with van der Waals surface area (Å²) in [6, 6.07) is 6.24. The van der Waals surface area contributed by atoms with Crippen molar-refractivity contribution in [3.8, 4) is 0 Å². The number of nitrogens with zero attached hydrogens (tertiary/aromatic N) is 2. The predicted octanol–water partition coefficient (Wildman–Crippen LogP) is 1.70. The third-order valence-electron chi connectivity index (χ3n) is 3.99. The summed E-state index contributed by atoms with van der Waals surface area (Å²) >= 11 is 0. The molecule has 0 saturated carbocycles. The lowest BCUT2D eigenvalue weighted by Crippen LogP contribution is -2.43. The Morgan fingerprint density at radius 3 is 2.90 bits per heavy atom. The molecule has 1 aromatic heterocycles. The Labute approximate surface area is 118 Å². The quantitative estimate of drug-likeness (QED) is 0.874. The molecule has 5 nitrogen and oxygen atoms in total. The normalized spacial score (nSPS) is 17.5. The van der Waals surface area contributed by atoms with Gasteiger partial charge in [0.2, 0.25) is 0 Å². The smallest absolute Gasteiger partial charge is 0.272 e. The van der Waals surface area contributed by atoms with Gasteiger partial charge in [-0.1, -0.05) is 11.6 Å². The molecule has 20 heavy (non-hydrogen) atoms. The minimum absolute atomic E-state index is 0.0728. The van der Waals surface area contributed by atoms with Crippen LogP contribution in [0.15, 0.2) is 18.2 Å². The average molecular weight is 272 g/mol. The van der Waals surface area contributed by atoms with E-state index >= 15 is 0 Å². The maximum atomic E-state index is 12.4. The second-order valence-electron chi connectivity index (χ2n) is 5.67. The first-order valence-corrected chi connectivity index (χ1v) is 7.07. The fourth-order valence-electron chi connectivity index (χ4n) is 2.71. The Morgan fingerprint density at radius 1 is 1.40 bits per heavy atom. The van der Waals surface area contributed by atoms with Crippen LogP contribution < -0.4 is 5.32 Å². The number of rotatable bonds is 2. The number of aromatic nitrogens is 2. The van der Waals surface area contributed by atoms with Crippen molar-refractivity contribution >= 4 is 16.8 Å². The van der Waals surface area contributed by atoms with E-state index in [9.17, 15) is 4.79 Å². The number of benzene rings is 1. The molecule has 0 unspecified atom stereocenters. The lowest BCUT2D eigenvalue weighted by molar-refractivity contribution is 0.0913. The molecule has 2 aromatic rings. The number of aromatic amines is 1. The minimum Gasteiger partial charge on any atom is -0.348 e. The van der Waals surface area contributed by atoms with Crippen molar-refractivity contribution in [1.82, 2.24) is 20.4 Å². The molecule has 0 aliphatic carbocycles. The summed E-state index contributed by atoms with van der Waals surface area (Å²) in [7, 11) is 2.11. The number of aryl methyl sites for hydroxylation is 1. The van der Waals surface area contributed by atoms with E-state index in [1.54, 1.807) is 0 Å². The van der Waals surface area contributed by atoms with Crippen LogP contribution in [-0.4, -0.2) is 47.2 Å². The summed E-state index contributed by atoms with van der Waals surface area (Å²) in [5, 5.41) is 11.1. The molecular weight excluding hydrogens is 252 g/mol. The fraction of sp³-hybridized carbons (Fsp3) is 0.467. The SMILES string of the molecule is Cc1ccc2[nH]nc(C(=O)NC3CCN(C)CC3)c2c1. The van der Waals surface area contributed by atoms with Gasteiger partial charge in [0.05, 0.1) is 5.52 Å². The summed E-state index contributed by atoms with van der Waals surface area (Å²) in [5.41, 5.74) is 2.54. The van der Waals surface area contributed by atoms with Gasteiger partial charge in [-0.3, -0.25) is 9.89 Å². The van der Waals surface area contributed by atoms with E-state index in [1.165, 1.54) is 0 Å². The highest BCUT2D eigenvalue weighted by Crippen LogP contribution is 2.18. The zero-order chi connectivity index (χ0) is 14.1. The number of amides is 1. The summed E-state index contributed by atoms with van der Waals surface area (Å²) in [4.78, 5) is 14.7. The number of fused-ring (bicyclic) bond motifs is 1. The molecule has 1 saturated heterocycles. The third-order valence-corrected chi connectivity index (χ3v) is 3.99. The molecule has 5 heteroatoms. The second kappa shape index (κ2) is 5.25. The van der Waals surface area contributed by atoms with Crippen molar-refractivity contribution in [2.75, 3.05) is 20.1 Å². The molecule has 1 aromatic carbocycles. The summed E-state index contributed by atoms with van der Waals surface area (Å²) in [5.74, 6) is -0.0728. The van der Waals surface area contributed by atoms with Crippen LogP contribution in [0.3, 0.4) is 0 Å². The van der Waals surface area contributed by atoms with E-state index in [2.05, 4.69) is 27.5 Å². The number of hydrogen-bond acceptors (Lipinski definition) is 3. The first-order chi connectivity index (χ1) is 9.63. The Hall–Kier alpha value is -1.88. The van der Waals surface area contributed by atoms with Crippen LogP contribution >= 0.6 is 0 Å². The van der Waals surface area contributed by atoms with Crippen LogP contribution in [0, 0.1) is 6.92 Å². The number of likely N-dealkylation sites (tertiary alicyclic amines) is 1. The van der Waals surface area contributed by atoms with Crippen molar-refractivity contribution in [3.05, 3.63) is 29.5 Å². The van der Waals surface area contributed by atoms with Crippen LogP contribution in [-0.2, 0) is 0 Å². The Kier molecular flexibility index (Phi) is 3.44. The van der Waals surface area contributed by atoms with Gasteiger partial charge in [-0.25, -0.2) is 0 Å². The van der Waals surface area contributed by atoms with Crippen LogP contribution in [0.1, 0.15) is 28.9 Å². The van der Waals surface area contributed by atoms with E-state index in [0.29, 0.717) is 5.69 Å². The number of hydrogen-bond donors (Lipinski definition) is 2. The van der Waals surface area contributed by atoms with E-state index in [-0.39, 0.29) is 11.9 Å². The van der Waals surface area contributed by atoms with Crippen molar-refractivity contribution in [2.24, 2.45) is 0 Å². The van der Waals surface area contributed by atoms with Gasteiger partial charge in [-0.2, -0.15) is 5.10 Å². The Morgan fingerprint density at radius 2 is 2.15 bits per heavy atom. The van der Waals surface area contributed by atoms with Gasteiger partial charge in [0, 0.05) is 11.4 Å².